The third-order valence-corrected chi connectivity index (χ3v) is 1.81. The Bertz CT molecular complexity index is 537. The van der Waals surface area contributed by atoms with Crippen LogP contribution in [-0.4, -0.2) is 30.0 Å². The molecule has 0 aliphatic heterocycles. The van der Waals surface area contributed by atoms with Gasteiger partial charge in [-0.2, -0.15) is 26.6 Å². The molecule has 0 fully saturated rings. The Morgan fingerprint density at radius 3 is 2.24 bits per heavy atom. The molecule has 0 amide bonds. The van der Waals surface area contributed by atoms with Gasteiger partial charge < -0.3 is 9.29 Å². The molecule has 0 aliphatic rings. The van der Waals surface area contributed by atoms with Crippen molar-refractivity contribution in [3.05, 3.63) is 35.4 Å². The van der Waals surface area contributed by atoms with Crippen molar-refractivity contribution in [1.29, 1.82) is 0 Å². The quantitative estimate of drug-likeness (QED) is 0.344. The molecule has 1 aromatic carbocycles. The van der Waals surface area contributed by atoms with E-state index in [1.165, 1.54) is 0 Å². The van der Waals surface area contributed by atoms with Gasteiger partial charge in [0.15, 0.2) is 0 Å². The molecule has 86 valence electrons. The molecule has 0 spiro atoms. The van der Waals surface area contributed by atoms with E-state index >= 15 is 0 Å². The van der Waals surface area contributed by atoms with Gasteiger partial charge in [-0.3, -0.25) is 14.1 Å². The number of hydrogen-bond donors (Lipinski definition) is 2. The number of aromatic carboxylic acids is 1. The second-order valence-corrected chi connectivity index (χ2v) is 3.64. The maximum atomic E-state index is 11.1. The zero-order chi connectivity index (χ0) is 12.3. The number of carboxylic acids is 1. The van der Waals surface area contributed by atoms with Crippen LogP contribution in [-0.2, 0) is 14.6 Å². The standard InChI is InChI=1S/C8H5O7S.Na/c9-7(10)5-2-1-3-6(4-5)8(11)15-16(12,13)14;/h2-4H,(H,9,10)(H,12,13,14);/q-1;+1. The first-order valence-electron chi connectivity index (χ1n) is 3.75. The number of benzene rings is 1. The van der Waals surface area contributed by atoms with Crippen LogP contribution in [0.15, 0.2) is 18.2 Å². The van der Waals surface area contributed by atoms with Crippen molar-refractivity contribution in [2.45, 2.75) is 0 Å². The Morgan fingerprint density at radius 2 is 1.76 bits per heavy atom. The monoisotopic (exact) mass is 268 g/mol. The van der Waals surface area contributed by atoms with E-state index in [0.29, 0.717) is 0 Å². The minimum atomic E-state index is -4.92. The third-order valence-electron chi connectivity index (χ3n) is 1.45. The molecule has 17 heavy (non-hydrogen) atoms. The van der Waals surface area contributed by atoms with Crippen LogP contribution in [0.4, 0.5) is 0 Å². The molecule has 0 heterocycles. The summed E-state index contributed by atoms with van der Waals surface area (Å²) >= 11 is 0. The number of rotatable bonds is 3. The normalized spacial score (nSPS) is 10.2. The molecule has 1 aromatic rings. The molecule has 0 bridgehead atoms. The third kappa shape index (κ3) is 5.29. The molecule has 0 radical (unpaired) electrons. The maximum absolute atomic E-state index is 11.1. The van der Waals surface area contributed by atoms with Crippen LogP contribution in [0.5, 0.6) is 0 Å². The van der Waals surface area contributed by atoms with Gasteiger partial charge in [-0.1, -0.05) is 0 Å². The Balaban J connectivity index is 0.00000256. The Labute approximate surface area is 119 Å². The van der Waals surface area contributed by atoms with Crippen LogP contribution < -0.4 is 29.6 Å². The molecule has 0 unspecified atom stereocenters. The zero-order valence-electron chi connectivity index (χ0n) is 8.58. The fourth-order valence-corrected chi connectivity index (χ4v) is 1.14. The molecule has 7 nitrogen and oxygen atoms in total. The molecule has 9 heteroatoms. The van der Waals surface area contributed by atoms with Gasteiger partial charge in [0, 0.05) is 0 Å². The van der Waals surface area contributed by atoms with Gasteiger partial charge in [0.1, 0.15) is 0 Å². The van der Waals surface area contributed by atoms with E-state index in [4.69, 9.17) is 9.66 Å². The number of hydrogen-bond acceptors (Lipinski definition) is 5. The van der Waals surface area contributed by atoms with Crippen LogP contribution in [0.3, 0.4) is 0 Å². The van der Waals surface area contributed by atoms with Crippen molar-refractivity contribution >= 4 is 22.3 Å². The summed E-state index contributed by atoms with van der Waals surface area (Å²) < 4.78 is 32.3. The first-order chi connectivity index (χ1) is 7.29. The summed E-state index contributed by atoms with van der Waals surface area (Å²) in [5.74, 6) is -2.69. The largest absolute Gasteiger partial charge is 1.00 e. The van der Waals surface area contributed by atoms with Crippen LogP contribution in [0.1, 0.15) is 20.7 Å². The maximum Gasteiger partial charge on any atom is 1.00 e. The number of carboxylic acid groups (broad SMARTS) is 1. The van der Waals surface area contributed by atoms with E-state index in [1.807, 2.05) is 0 Å². The molecule has 0 aliphatic carbocycles. The van der Waals surface area contributed by atoms with Gasteiger partial charge in [-0.25, -0.2) is 0 Å². The van der Waals surface area contributed by atoms with Gasteiger partial charge in [-0.05, 0) is 11.1 Å². The van der Waals surface area contributed by atoms with Crippen molar-refractivity contribution in [3.63, 3.8) is 0 Å². The fourth-order valence-electron chi connectivity index (χ4n) is 0.857. The van der Waals surface area contributed by atoms with E-state index in [2.05, 4.69) is 10.2 Å². The minimum Gasteiger partial charge on any atom is -0.487 e. The van der Waals surface area contributed by atoms with Gasteiger partial charge in [-0.15, -0.1) is 6.07 Å². The van der Waals surface area contributed by atoms with E-state index < -0.39 is 22.3 Å². The molecule has 0 atom stereocenters. The second-order valence-electron chi connectivity index (χ2n) is 2.61. The van der Waals surface area contributed by atoms with E-state index in [1.54, 1.807) is 0 Å². The van der Waals surface area contributed by atoms with Crippen molar-refractivity contribution in [1.82, 2.24) is 0 Å². The van der Waals surface area contributed by atoms with Gasteiger partial charge in [0.05, 0.1) is 0 Å². The van der Waals surface area contributed by atoms with Crippen LogP contribution in [0.2, 0.25) is 0 Å². The Kier molecular flexibility index (Phi) is 5.79. The van der Waals surface area contributed by atoms with E-state index in [-0.39, 0.29) is 40.7 Å². The van der Waals surface area contributed by atoms with Crippen LogP contribution >= 0.6 is 0 Å². The topological polar surface area (TPSA) is 118 Å². The minimum absolute atomic E-state index is 0. The summed E-state index contributed by atoms with van der Waals surface area (Å²) in [5, 5.41) is 8.58. The summed E-state index contributed by atoms with van der Waals surface area (Å²) in [6.45, 7) is 0. The number of carbonyl (C=O) groups excluding carboxylic acids is 1. The molecule has 0 saturated carbocycles. The average Bonchev–Trinajstić information content (AvgIpc) is 2.15. The molecule has 0 aromatic heterocycles. The van der Waals surface area contributed by atoms with Gasteiger partial charge in [0.2, 0.25) is 0 Å². The van der Waals surface area contributed by atoms with Crippen molar-refractivity contribution < 1.29 is 61.4 Å². The van der Waals surface area contributed by atoms with Crippen molar-refractivity contribution in [2.24, 2.45) is 0 Å². The first-order valence-corrected chi connectivity index (χ1v) is 5.12. The van der Waals surface area contributed by atoms with Crippen molar-refractivity contribution in [3.8, 4) is 0 Å². The average molecular weight is 268 g/mol. The summed E-state index contributed by atoms with van der Waals surface area (Å²) in [4.78, 5) is 21.6. The van der Waals surface area contributed by atoms with Gasteiger partial charge in [0.25, 0.3) is 5.97 Å². The second kappa shape index (κ2) is 6.12. The smallest absolute Gasteiger partial charge is 0.487 e. The SMILES string of the molecule is O=C(O)c1c[c-]cc(C(=O)OS(=O)(=O)O)c1.[Na+]. The van der Waals surface area contributed by atoms with Crippen LogP contribution in [0.25, 0.3) is 0 Å². The fraction of sp³-hybridized carbons (Fsp3) is 0. The zero-order valence-corrected chi connectivity index (χ0v) is 11.4. The summed E-state index contributed by atoms with van der Waals surface area (Å²) in [6.07, 6.45) is 0. The number of carbonyl (C=O) groups is 2. The summed E-state index contributed by atoms with van der Waals surface area (Å²) in [7, 11) is -4.92. The van der Waals surface area contributed by atoms with Gasteiger partial charge >= 0.3 is 45.9 Å². The summed E-state index contributed by atoms with van der Waals surface area (Å²) in [6, 6.07) is 5.33. The molecule has 1 rings (SSSR count). The van der Waals surface area contributed by atoms with E-state index in [9.17, 15) is 18.0 Å². The predicted octanol–water partition coefficient (Wildman–Crippen LogP) is -2.85. The molecule has 2 N–H and O–H groups in total. The molecular weight excluding hydrogens is 263 g/mol. The van der Waals surface area contributed by atoms with Crippen LogP contribution in [0, 0.1) is 6.07 Å². The molecular formula is C8H5NaO7S. The van der Waals surface area contributed by atoms with E-state index in [0.717, 1.165) is 18.2 Å². The Hall–Kier alpha value is -0.930. The van der Waals surface area contributed by atoms with Crippen molar-refractivity contribution in [2.75, 3.05) is 0 Å². The molecule has 0 saturated heterocycles. The predicted molar refractivity (Wildman–Crippen MR) is 49.2 cm³/mol. The first kappa shape index (κ1) is 16.1. The summed E-state index contributed by atoms with van der Waals surface area (Å²) in [5.41, 5.74) is -0.609. The Morgan fingerprint density at radius 1 is 1.24 bits per heavy atom.